The molecule has 0 aromatic heterocycles. The molecule has 1 aliphatic rings. The molecule has 0 spiro atoms. The maximum Gasteiger partial charge on any atom is 0.271 e. The molecule has 0 aliphatic carbocycles. The second-order valence-electron chi connectivity index (χ2n) is 2.58. The third-order valence-electron chi connectivity index (χ3n) is 1.55. The van der Waals surface area contributed by atoms with Crippen molar-refractivity contribution >= 4 is 57.1 Å². The number of hydrogen-bond acceptors (Lipinski definition) is 3. The van der Waals surface area contributed by atoms with Crippen LogP contribution in [0.3, 0.4) is 0 Å². The number of rotatable bonds is 2. The third kappa shape index (κ3) is 2.78. The van der Waals surface area contributed by atoms with E-state index >= 15 is 0 Å². The first-order valence-corrected chi connectivity index (χ1v) is 5.81. The Morgan fingerprint density at radius 1 is 1.54 bits per heavy atom. The summed E-state index contributed by atoms with van der Waals surface area (Å²) >= 11 is 20.5. The monoisotopic (exact) mass is 307 g/mol. The molecule has 1 unspecified atom stereocenters. The summed E-state index contributed by atoms with van der Waals surface area (Å²) in [4.78, 5) is 1.51. The van der Waals surface area contributed by atoms with Crippen molar-refractivity contribution in [3.63, 3.8) is 0 Å². The minimum absolute atomic E-state index is 0.181. The van der Waals surface area contributed by atoms with Crippen molar-refractivity contribution in [2.75, 3.05) is 6.54 Å². The molecule has 7 heteroatoms. The van der Waals surface area contributed by atoms with Crippen molar-refractivity contribution in [2.24, 2.45) is 5.10 Å². The minimum Gasteiger partial charge on any atom is -0.285 e. The van der Waals surface area contributed by atoms with E-state index in [4.69, 9.17) is 34.8 Å². The summed E-state index contributed by atoms with van der Waals surface area (Å²) in [5.74, 6) is 0. The molecule has 1 rings (SSSR count). The van der Waals surface area contributed by atoms with Gasteiger partial charge in [0, 0.05) is 6.54 Å². The van der Waals surface area contributed by atoms with Crippen LogP contribution in [0.1, 0.15) is 13.3 Å². The largest absolute Gasteiger partial charge is 0.285 e. The highest BCUT2D eigenvalue weighted by Gasteiger charge is 2.38. The minimum atomic E-state index is -1.46. The fourth-order valence-electron chi connectivity index (χ4n) is 0.955. The number of alkyl halides is 4. The second-order valence-corrected chi connectivity index (χ2v) is 5.62. The van der Waals surface area contributed by atoms with Gasteiger partial charge in [0.15, 0.2) is 5.08 Å². The molecule has 0 saturated heterocycles. The van der Waals surface area contributed by atoms with Gasteiger partial charge in [-0.3, -0.25) is 9.91 Å². The number of hydrazone groups is 1. The first-order chi connectivity index (χ1) is 5.96. The lowest BCUT2D eigenvalue weighted by molar-refractivity contribution is 0.210. The maximum absolute atomic E-state index is 5.71. The van der Waals surface area contributed by atoms with Gasteiger partial charge in [-0.05, 0) is 22.4 Å². The Bertz CT molecular complexity index is 206. The molecule has 0 fully saturated rings. The van der Waals surface area contributed by atoms with Gasteiger partial charge in [0.25, 0.3) is 3.92 Å². The summed E-state index contributed by atoms with van der Waals surface area (Å²) in [7, 11) is 0. The van der Waals surface area contributed by atoms with Crippen LogP contribution in [0, 0.1) is 0 Å². The second kappa shape index (κ2) is 4.43. The molecule has 0 radical (unpaired) electrons. The van der Waals surface area contributed by atoms with Gasteiger partial charge in [-0.2, -0.15) is 5.10 Å². The van der Waals surface area contributed by atoms with Crippen LogP contribution < -0.4 is 0 Å². The van der Waals surface area contributed by atoms with E-state index in [0.29, 0.717) is 0 Å². The van der Waals surface area contributed by atoms with E-state index in [1.54, 1.807) is 0 Å². The Hall–Kier alpha value is 0.620. The molecule has 0 N–H and O–H groups in total. The van der Waals surface area contributed by atoms with Gasteiger partial charge < -0.3 is 0 Å². The third-order valence-corrected chi connectivity index (χ3v) is 3.04. The molecule has 1 atom stereocenters. The molecule has 0 amide bonds. The molecular weight excluding hydrogens is 300 g/mol. The number of hydrogen-bond donors (Lipinski definition) is 0. The fraction of sp³-hybridized carbons (Fsp3) is 0.833. The van der Waals surface area contributed by atoms with Gasteiger partial charge in [0.1, 0.15) is 6.34 Å². The summed E-state index contributed by atoms with van der Waals surface area (Å²) in [5.41, 5.74) is 0. The predicted octanol–water partition coefficient (Wildman–Crippen LogP) is 2.96. The van der Waals surface area contributed by atoms with E-state index < -0.39 is 3.92 Å². The lowest BCUT2D eigenvalue weighted by atomic mass is 10.5. The summed E-state index contributed by atoms with van der Waals surface area (Å²) in [6.45, 7) is 2.89. The zero-order chi connectivity index (χ0) is 10.1. The van der Waals surface area contributed by atoms with Gasteiger partial charge in [0.2, 0.25) is 0 Å². The average Bonchev–Trinajstić information content (AvgIpc) is 2.32. The molecule has 0 bridgehead atoms. The zero-order valence-corrected chi connectivity index (χ0v) is 10.8. The molecule has 1 heterocycles. The van der Waals surface area contributed by atoms with Gasteiger partial charge in [0.05, 0.1) is 0 Å². The van der Waals surface area contributed by atoms with Crippen molar-refractivity contribution in [2.45, 2.75) is 22.3 Å². The van der Waals surface area contributed by atoms with E-state index in [9.17, 15) is 0 Å². The molecule has 0 aromatic rings. The summed E-state index contributed by atoms with van der Waals surface area (Å²) < 4.78 is -1.46. The number of nitrogens with zero attached hydrogens (tertiary/aromatic N) is 3. The highest BCUT2D eigenvalue weighted by molar-refractivity contribution is 9.09. The van der Waals surface area contributed by atoms with E-state index in [1.165, 1.54) is 11.2 Å². The lowest BCUT2D eigenvalue weighted by Crippen LogP contribution is -2.42. The average molecular weight is 309 g/mol. The Balaban J connectivity index is 2.61. The molecule has 13 heavy (non-hydrogen) atoms. The highest BCUT2D eigenvalue weighted by Crippen LogP contribution is 2.36. The van der Waals surface area contributed by atoms with E-state index in [0.717, 1.165) is 13.0 Å². The SMILES string of the molecule is CCCN1N=CN(C(Cl)(Cl)Cl)C1Br. The van der Waals surface area contributed by atoms with Crippen LogP contribution in [-0.2, 0) is 0 Å². The predicted molar refractivity (Wildman–Crippen MR) is 60.3 cm³/mol. The van der Waals surface area contributed by atoms with E-state index in [1.807, 2.05) is 5.01 Å². The molecule has 3 nitrogen and oxygen atoms in total. The van der Waals surface area contributed by atoms with Gasteiger partial charge in [-0.1, -0.05) is 41.7 Å². The molecule has 76 valence electrons. The van der Waals surface area contributed by atoms with Crippen molar-refractivity contribution in [1.82, 2.24) is 9.91 Å². The quantitative estimate of drug-likeness (QED) is 0.577. The van der Waals surface area contributed by atoms with Crippen LogP contribution in [0.15, 0.2) is 5.10 Å². The van der Waals surface area contributed by atoms with E-state index in [-0.39, 0.29) is 5.08 Å². The summed E-state index contributed by atoms with van der Waals surface area (Å²) in [5, 5.41) is 5.72. The summed E-state index contributed by atoms with van der Waals surface area (Å²) in [6, 6.07) is 0. The first-order valence-electron chi connectivity index (χ1n) is 3.76. The van der Waals surface area contributed by atoms with Crippen LogP contribution in [0.25, 0.3) is 0 Å². The van der Waals surface area contributed by atoms with Crippen LogP contribution >= 0.6 is 50.7 Å². The van der Waals surface area contributed by atoms with Crippen LogP contribution in [0.4, 0.5) is 0 Å². The molecular formula is C6H9BrCl3N3. The topological polar surface area (TPSA) is 18.8 Å². The molecule has 0 saturated carbocycles. The summed E-state index contributed by atoms with van der Waals surface area (Å²) in [6.07, 6.45) is 2.51. The Morgan fingerprint density at radius 2 is 2.15 bits per heavy atom. The van der Waals surface area contributed by atoms with E-state index in [2.05, 4.69) is 28.0 Å². The lowest BCUT2D eigenvalue weighted by Gasteiger charge is -2.30. The first kappa shape index (κ1) is 11.7. The smallest absolute Gasteiger partial charge is 0.271 e. The highest BCUT2D eigenvalue weighted by atomic mass is 79.9. The van der Waals surface area contributed by atoms with Gasteiger partial charge >= 0.3 is 0 Å². The van der Waals surface area contributed by atoms with Crippen LogP contribution in [-0.4, -0.2) is 31.8 Å². The molecule has 1 aliphatic heterocycles. The van der Waals surface area contributed by atoms with Gasteiger partial charge in [-0.15, -0.1) is 0 Å². The zero-order valence-electron chi connectivity index (χ0n) is 6.92. The van der Waals surface area contributed by atoms with Crippen molar-refractivity contribution < 1.29 is 0 Å². The van der Waals surface area contributed by atoms with Gasteiger partial charge in [-0.25, -0.2) is 0 Å². The number of halogens is 4. The standard InChI is InChI=1S/C6H9BrCl3N3/c1-2-3-13-5(7)12(4-11-13)6(8,9)10/h4-5H,2-3H2,1H3. The van der Waals surface area contributed by atoms with Crippen molar-refractivity contribution in [1.29, 1.82) is 0 Å². The Kier molecular flexibility index (Phi) is 3.98. The van der Waals surface area contributed by atoms with Crippen LogP contribution in [0.5, 0.6) is 0 Å². The van der Waals surface area contributed by atoms with Crippen molar-refractivity contribution in [3.8, 4) is 0 Å². The Labute approximate surface area is 101 Å². The Morgan fingerprint density at radius 3 is 2.54 bits per heavy atom. The maximum atomic E-state index is 5.71. The molecule has 0 aromatic carbocycles. The fourth-order valence-corrected chi connectivity index (χ4v) is 2.44. The normalized spacial score (nSPS) is 23.0. The van der Waals surface area contributed by atoms with Crippen molar-refractivity contribution in [3.05, 3.63) is 0 Å². The van der Waals surface area contributed by atoms with Crippen LogP contribution in [0.2, 0.25) is 0 Å².